The van der Waals surface area contributed by atoms with E-state index in [0.29, 0.717) is 19.5 Å². The van der Waals surface area contributed by atoms with Gasteiger partial charge >= 0.3 is 0 Å². The van der Waals surface area contributed by atoms with Crippen LogP contribution in [0.4, 0.5) is 0 Å². The highest BCUT2D eigenvalue weighted by molar-refractivity contribution is 5.79. The Kier molecular flexibility index (Phi) is 3.78. The van der Waals surface area contributed by atoms with Crippen molar-refractivity contribution in [2.75, 3.05) is 13.1 Å². The number of carbonyl (C=O) groups is 1. The lowest BCUT2D eigenvalue weighted by atomic mass is 9.71. The van der Waals surface area contributed by atoms with Gasteiger partial charge in [0.25, 0.3) is 0 Å². The number of rotatable bonds is 2. The van der Waals surface area contributed by atoms with E-state index in [1.807, 2.05) is 18.7 Å². The summed E-state index contributed by atoms with van der Waals surface area (Å²) in [5.41, 5.74) is 2.39. The molecule has 1 saturated carbocycles. The number of H-pyrrole nitrogens is 1. The van der Waals surface area contributed by atoms with Gasteiger partial charge in [0, 0.05) is 30.3 Å². The number of aryl methyl sites for hydroxylation is 2. The molecular formula is C16H25N3O2. The van der Waals surface area contributed by atoms with Crippen LogP contribution in [0.15, 0.2) is 0 Å². The summed E-state index contributed by atoms with van der Waals surface area (Å²) in [5.74, 6) is 0.422. The Labute approximate surface area is 125 Å². The van der Waals surface area contributed by atoms with E-state index >= 15 is 0 Å². The van der Waals surface area contributed by atoms with E-state index in [0.717, 1.165) is 42.6 Å². The van der Waals surface area contributed by atoms with Gasteiger partial charge in [0.15, 0.2) is 0 Å². The minimum absolute atomic E-state index is 0.162. The Morgan fingerprint density at radius 2 is 2.24 bits per heavy atom. The summed E-state index contributed by atoms with van der Waals surface area (Å²) in [4.78, 5) is 14.5. The predicted molar refractivity (Wildman–Crippen MR) is 79.9 cm³/mol. The van der Waals surface area contributed by atoms with E-state index < -0.39 is 5.60 Å². The summed E-state index contributed by atoms with van der Waals surface area (Å²) in [6, 6.07) is 0. The van der Waals surface area contributed by atoms with Crippen LogP contribution in [0.3, 0.4) is 0 Å². The maximum absolute atomic E-state index is 12.6. The van der Waals surface area contributed by atoms with Gasteiger partial charge in [0.1, 0.15) is 0 Å². The van der Waals surface area contributed by atoms with Crippen LogP contribution >= 0.6 is 0 Å². The van der Waals surface area contributed by atoms with E-state index in [9.17, 15) is 9.90 Å². The van der Waals surface area contributed by atoms with Crippen LogP contribution in [0.2, 0.25) is 0 Å². The molecule has 0 radical (unpaired) electrons. The highest BCUT2D eigenvalue weighted by Gasteiger charge is 2.43. The van der Waals surface area contributed by atoms with Gasteiger partial charge in [-0.2, -0.15) is 5.10 Å². The molecule has 3 rings (SSSR count). The van der Waals surface area contributed by atoms with Crippen LogP contribution < -0.4 is 0 Å². The zero-order valence-corrected chi connectivity index (χ0v) is 13.0. The molecule has 2 fully saturated rings. The molecule has 0 bridgehead atoms. The zero-order chi connectivity index (χ0) is 15.0. The van der Waals surface area contributed by atoms with E-state index in [1.165, 1.54) is 6.42 Å². The van der Waals surface area contributed by atoms with Crippen molar-refractivity contribution < 1.29 is 9.90 Å². The summed E-state index contributed by atoms with van der Waals surface area (Å²) >= 11 is 0. The summed E-state index contributed by atoms with van der Waals surface area (Å²) in [6.07, 6.45) is 5.39. The second-order valence-electron chi connectivity index (χ2n) is 6.73. The van der Waals surface area contributed by atoms with Gasteiger partial charge in [-0.05, 0) is 33.1 Å². The molecule has 1 amide bonds. The summed E-state index contributed by atoms with van der Waals surface area (Å²) in [5, 5.41) is 17.8. The van der Waals surface area contributed by atoms with Crippen molar-refractivity contribution in [3.63, 3.8) is 0 Å². The number of amides is 1. The number of aromatic nitrogens is 2. The maximum Gasteiger partial charge on any atom is 0.227 e. The van der Waals surface area contributed by atoms with Crippen molar-refractivity contribution >= 4 is 5.91 Å². The Morgan fingerprint density at radius 3 is 2.95 bits per heavy atom. The number of carbonyl (C=O) groups excluding carboxylic acids is 1. The van der Waals surface area contributed by atoms with Gasteiger partial charge in [-0.3, -0.25) is 9.89 Å². The molecule has 1 aromatic rings. The molecule has 5 nitrogen and oxygen atoms in total. The molecular weight excluding hydrogens is 266 g/mol. The third kappa shape index (κ3) is 2.71. The van der Waals surface area contributed by atoms with Crippen LogP contribution in [-0.2, 0) is 11.2 Å². The average molecular weight is 291 g/mol. The predicted octanol–water partition coefficient (Wildman–Crippen LogP) is 1.72. The van der Waals surface area contributed by atoms with E-state index in [1.54, 1.807) is 0 Å². The molecule has 0 aromatic carbocycles. The van der Waals surface area contributed by atoms with Crippen LogP contribution in [0.5, 0.6) is 0 Å². The van der Waals surface area contributed by atoms with Gasteiger partial charge in [0.05, 0.1) is 17.7 Å². The van der Waals surface area contributed by atoms with Crippen LogP contribution in [0.1, 0.15) is 49.1 Å². The fourth-order valence-corrected chi connectivity index (χ4v) is 3.89. The van der Waals surface area contributed by atoms with Gasteiger partial charge < -0.3 is 10.0 Å². The van der Waals surface area contributed by atoms with Crippen molar-refractivity contribution in [3.05, 3.63) is 17.0 Å². The van der Waals surface area contributed by atoms with Gasteiger partial charge in [-0.1, -0.05) is 12.8 Å². The number of nitrogens with zero attached hydrogens (tertiary/aromatic N) is 2. The van der Waals surface area contributed by atoms with Crippen molar-refractivity contribution in [3.8, 4) is 0 Å². The Balaban J connectivity index is 1.66. The number of hydrogen-bond donors (Lipinski definition) is 2. The molecule has 1 aliphatic carbocycles. The average Bonchev–Trinajstić information content (AvgIpc) is 2.78. The molecule has 2 aliphatic rings. The highest BCUT2D eigenvalue weighted by atomic mass is 16.3. The number of aliphatic hydroxyl groups is 1. The van der Waals surface area contributed by atoms with Crippen LogP contribution in [0, 0.1) is 19.8 Å². The number of hydrogen-bond acceptors (Lipinski definition) is 3. The lowest BCUT2D eigenvalue weighted by Crippen LogP contribution is -2.54. The van der Waals surface area contributed by atoms with Crippen molar-refractivity contribution in [1.82, 2.24) is 15.1 Å². The molecule has 2 N–H and O–H groups in total. The van der Waals surface area contributed by atoms with Crippen molar-refractivity contribution in [1.29, 1.82) is 0 Å². The molecule has 1 aromatic heterocycles. The summed E-state index contributed by atoms with van der Waals surface area (Å²) in [6.45, 7) is 5.29. The first-order valence-electron chi connectivity index (χ1n) is 8.00. The van der Waals surface area contributed by atoms with E-state index in [4.69, 9.17) is 0 Å². The largest absolute Gasteiger partial charge is 0.389 e. The quantitative estimate of drug-likeness (QED) is 0.871. The Bertz CT molecular complexity index is 520. The smallest absolute Gasteiger partial charge is 0.227 e. The fraction of sp³-hybridized carbons (Fsp3) is 0.750. The van der Waals surface area contributed by atoms with Gasteiger partial charge in [-0.15, -0.1) is 0 Å². The fourth-order valence-electron chi connectivity index (χ4n) is 3.89. The van der Waals surface area contributed by atoms with Crippen molar-refractivity contribution in [2.24, 2.45) is 5.92 Å². The second kappa shape index (κ2) is 5.44. The minimum atomic E-state index is -0.517. The first-order valence-corrected chi connectivity index (χ1v) is 8.00. The van der Waals surface area contributed by atoms with E-state index in [2.05, 4.69) is 10.2 Å². The molecule has 1 aliphatic heterocycles. The lowest BCUT2D eigenvalue weighted by Gasteiger charge is -2.47. The molecule has 116 valence electrons. The summed E-state index contributed by atoms with van der Waals surface area (Å²) < 4.78 is 0. The Morgan fingerprint density at radius 1 is 1.43 bits per heavy atom. The molecule has 5 heteroatoms. The molecule has 1 saturated heterocycles. The van der Waals surface area contributed by atoms with Crippen LogP contribution in [-0.4, -0.2) is 44.8 Å². The topological polar surface area (TPSA) is 69.2 Å². The first-order chi connectivity index (χ1) is 9.99. The lowest BCUT2D eigenvalue weighted by molar-refractivity contribution is -0.142. The first kappa shape index (κ1) is 14.6. The summed E-state index contributed by atoms with van der Waals surface area (Å²) in [7, 11) is 0. The third-order valence-corrected chi connectivity index (χ3v) is 5.39. The van der Waals surface area contributed by atoms with E-state index in [-0.39, 0.29) is 11.8 Å². The Hall–Kier alpha value is -1.36. The monoisotopic (exact) mass is 291 g/mol. The van der Waals surface area contributed by atoms with Gasteiger partial charge in [0.2, 0.25) is 5.91 Å². The molecule has 21 heavy (non-hydrogen) atoms. The number of fused-ring (bicyclic) bond motifs is 1. The SMILES string of the molecule is Cc1n[nH]c(C)c1CC(=O)N1CCC2(O)CCCCC2C1. The standard InChI is InChI=1S/C16H25N3O2/c1-11-14(12(2)18-17-11)9-15(20)19-8-7-16(21)6-4-3-5-13(16)10-19/h13,21H,3-10H2,1-2H3,(H,17,18). The molecule has 0 spiro atoms. The third-order valence-electron chi connectivity index (χ3n) is 5.39. The number of aromatic amines is 1. The number of nitrogens with one attached hydrogen (secondary N) is 1. The van der Waals surface area contributed by atoms with Gasteiger partial charge in [-0.25, -0.2) is 0 Å². The normalized spacial score (nSPS) is 29.3. The highest BCUT2D eigenvalue weighted by Crippen LogP contribution is 2.39. The number of piperidine rings is 1. The number of likely N-dealkylation sites (tertiary alicyclic amines) is 1. The molecule has 2 atom stereocenters. The second-order valence-corrected chi connectivity index (χ2v) is 6.73. The minimum Gasteiger partial charge on any atom is -0.389 e. The molecule has 2 unspecified atom stereocenters. The maximum atomic E-state index is 12.6. The van der Waals surface area contributed by atoms with Crippen molar-refractivity contribution in [2.45, 2.75) is 58.0 Å². The molecule has 2 heterocycles. The zero-order valence-electron chi connectivity index (χ0n) is 13.0. The van der Waals surface area contributed by atoms with Crippen LogP contribution in [0.25, 0.3) is 0 Å².